The number of carbonyl (C=O) groups excluding carboxylic acids is 1. The number of rotatable bonds is 3. The fourth-order valence-electron chi connectivity index (χ4n) is 1.67. The van der Waals surface area contributed by atoms with Crippen molar-refractivity contribution in [3.8, 4) is 5.75 Å². The molecule has 0 unspecified atom stereocenters. The molecular formula is C11H10N2O5. The number of hydrogen-bond donors (Lipinski definition) is 2. The van der Waals surface area contributed by atoms with Crippen LogP contribution in [0.1, 0.15) is 20.8 Å². The normalized spacial score (nSPS) is 10.3. The van der Waals surface area contributed by atoms with E-state index in [9.17, 15) is 9.59 Å². The largest absolute Gasteiger partial charge is 0.496 e. The van der Waals surface area contributed by atoms with Gasteiger partial charge in [0, 0.05) is 0 Å². The predicted molar refractivity (Wildman–Crippen MR) is 60.9 cm³/mol. The second-order valence-corrected chi connectivity index (χ2v) is 3.47. The second-order valence-electron chi connectivity index (χ2n) is 3.47. The predicted octanol–water partition coefficient (Wildman–Crippen LogP) is 1.06. The standard InChI is InChI=1S/C11H10N2O5/c1-17-7-4-5(11(16)18-2)3-6-8(7)9(10(14)15)13-12-6/h3-4H,1-2H3,(H,12,13)(H,14,15). The zero-order valence-electron chi connectivity index (χ0n) is 9.68. The van der Waals surface area contributed by atoms with E-state index in [0.29, 0.717) is 10.9 Å². The van der Waals surface area contributed by atoms with Crippen molar-refractivity contribution >= 4 is 22.8 Å². The highest BCUT2D eigenvalue weighted by Gasteiger charge is 2.19. The lowest BCUT2D eigenvalue weighted by Crippen LogP contribution is -2.02. The molecule has 0 spiro atoms. The van der Waals surface area contributed by atoms with Crippen molar-refractivity contribution in [2.24, 2.45) is 0 Å². The summed E-state index contributed by atoms with van der Waals surface area (Å²) in [5.41, 5.74) is 0.493. The van der Waals surface area contributed by atoms with E-state index in [1.165, 1.54) is 26.4 Å². The van der Waals surface area contributed by atoms with Gasteiger partial charge >= 0.3 is 11.9 Å². The second kappa shape index (κ2) is 4.36. The first-order valence-corrected chi connectivity index (χ1v) is 4.96. The summed E-state index contributed by atoms with van der Waals surface area (Å²) < 4.78 is 9.67. The SMILES string of the molecule is COC(=O)c1cc(OC)c2c(C(=O)O)n[nH]c2c1. The molecule has 1 aromatic carbocycles. The molecule has 1 aromatic heterocycles. The molecule has 2 aromatic rings. The van der Waals surface area contributed by atoms with Gasteiger partial charge in [-0.15, -0.1) is 0 Å². The minimum atomic E-state index is -1.18. The van der Waals surface area contributed by atoms with Gasteiger partial charge in [-0.25, -0.2) is 9.59 Å². The van der Waals surface area contributed by atoms with Crippen LogP contribution in [-0.2, 0) is 4.74 Å². The topological polar surface area (TPSA) is 102 Å². The Kier molecular flexibility index (Phi) is 2.88. The smallest absolute Gasteiger partial charge is 0.357 e. The number of nitrogens with zero attached hydrogens (tertiary/aromatic N) is 1. The number of carbonyl (C=O) groups is 2. The lowest BCUT2D eigenvalue weighted by Gasteiger charge is -2.05. The highest BCUT2D eigenvalue weighted by atomic mass is 16.5. The highest BCUT2D eigenvalue weighted by molar-refractivity contribution is 6.06. The Balaban J connectivity index is 2.73. The zero-order valence-corrected chi connectivity index (χ0v) is 9.68. The molecule has 0 bridgehead atoms. The number of ether oxygens (including phenoxy) is 2. The first-order chi connectivity index (χ1) is 8.58. The molecule has 0 fully saturated rings. The van der Waals surface area contributed by atoms with Crippen LogP contribution in [0.15, 0.2) is 12.1 Å². The van der Waals surface area contributed by atoms with E-state index in [1.807, 2.05) is 0 Å². The Labute approximate surface area is 101 Å². The molecule has 0 aliphatic rings. The first-order valence-electron chi connectivity index (χ1n) is 4.96. The third-order valence-corrected chi connectivity index (χ3v) is 2.47. The minimum Gasteiger partial charge on any atom is -0.496 e. The van der Waals surface area contributed by atoms with Crippen LogP contribution >= 0.6 is 0 Å². The summed E-state index contributed by atoms with van der Waals surface area (Å²) in [6.07, 6.45) is 0. The average Bonchev–Trinajstić information content (AvgIpc) is 2.80. The van der Waals surface area contributed by atoms with E-state index in [2.05, 4.69) is 14.9 Å². The third kappa shape index (κ3) is 1.75. The number of hydrogen-bond acceptors (Lipinski definition) is 5. The van der Waals surface area contributed by atoms with Gasteiger partial charge < -0.3 is 14.6 Å². The summed E-state index contributed by atoms with van der Waals surface area (Å²) in [6, 6.07) is 2.87. The van der Waals surface area contributed by atoms with Gasteiger partial charge in [0.1, 0.15) is 5.75 Å². The molecule has 0 aliphatic carbocycles. The van der Waals surface area contributed by atoms with Gasteiger partial charge in [-0.1, -0.05) is 0 Å². The van der Waals surface area contributed by atoms with Crippen molar-refractivity contribution in [1.29, 1.82) is 0 Å². The number of H-pyrrole nitrogens is 1. The maximum absolute atomic E-state index is 11.4. The van der Waals surface area contributed by atoms with Gasteiger partial charge in [0.25, 0.3) is 0 Å². The Morgan fingerprint density at radius 2 is 2.06 bits per heavy atom. The van der Waals surface area contributed by atoms with Crippen molar-refractivity contribution in [3.05, 3.63) is 23.4 Å². The zero-order chi connectivity index (χ0) is 13.3. The van der Waals surface area contributed by atoms with Crippen molar-refractivity contribution in [2.45, 2.75) is 0 Å². The van der Waals surface area contributed by atoms with Crippen molar-refractivity contribution < 1.29 is 24.2 Å². The lowest BCUT2D eigenvalue weighted by molar-refractivity contribution is 0.0599. The fraction of sp³-hybridized carbons (Fsp3) is 0.182. The van der Waals surface area contributed by atoms with Crippen LogP contribution < -0.4 is 4.74 Å². The minimum absolute atomic E-state index is 0.154. The van der Waals surface area contributed by atoms with Crippen LogP contribution in [0, 0.1) is 0 Å². The molecule has 0 radical (unpaired) electrons. The Morgan fingerprint density at radius 3 is 2.61 bits per heavy atom. The molecule has 2 rings (SSSR count). The van der Waals surface area contributed by atoms with Crippen LogP contribution in [0.4, 0.5) is 0 Å². The number of carboxylic acids is 1. The summed E-state index contributed by atoms with van der Waals surface area (Å²) >= 11 is 0. The summed E-state index contributed by atoms with van der Waals surface area (Å²) in [5, 5.41) is 15.5. The molecule has 0 aliphatic heterocycles. The number of fused-ring (bicyclic) bond motifs is 1. The van der Waals surface area contributed by atoms with Crippen molar-refractivity contribution in [3.63, 3.8) is 0 Å². The van der Waals surface area contributed by atoms with Gasteiger partial charge in [-0.3, -0.25) is 5.10 Å². The third-order valence-electron chi connectivity index (χ3n) is 2.47. The van der Waals surface area contributed by atoms with Crippen molar-refractivity contribution in [2.75, 3.05) is 14.2 Å². The molecule has 7 nitrogen and oxygen atoms in total. The highest BCUT2D eigenvalue weighted by Crippen LogP contribution is 2.29. The van der Waals surface area contributed by atoms with E-state index in [4.69, 9.17) is 9.84 Å². The fourth-order valence-corrected chi connectivity index (χ4v) is 1.67. The number of benzene rings is 1. The van der Waals surface area contributed by atoms with Crippen LogP contribution in [0.25, 0.3) is 10.9 Å². The molecule has 0 amide bonds. The number of methoxy groups -OCH3 is 2. The maximum atomic E-state index is 11.4. The van der Waals surface area contributed by atoms with E-state index in [1.54, 1.807) is 0 Å². The molecule has 18 heavy (non-hydrogen) atoms. The number of esters is 1. The van der Waals surface area contributed by atoms with Crippen LogP contribution in [0.3, 0.4) is 0 Å². The quantitative estimate of drug-likeness (QED) is 0.789. The molecule has 0 atom stereocenters. The number of aromatic carboxylic acids is 1. The van der Waals surface area contributed by atoms with Gasteiger partial charge in [0.15, 0.2) is 5.69 Å². The molecule has 7 heteroatoms. The summed E-state index contributed by atoms with van der Waals surface area (Å²) in [6.45, 7) is 0. The van der Waals surface area contributed by atoms with E-state index in [0.717, 1.165) is 0 Å². The maximum Gasteiger partial charge on any atom is 0.357 e. The van der Waals surface area contributed by atoms with Gasteiger partial charge in [0.2, 0.25) is 0 Å². The van der Waals surface area contributed by atoms with Crippen LogP contribution in [0.2, 0.25) is 0 Å². The molecular weight excluding hydrogens is 240 g/mol. The van der Waals surface area contributed by atoms with E-state index in [-0.39, 0.29) is 17.0 Å². The molecule has 94 valence electrons. The van der Waals surface area contributed by atoms with Gasteiger partial charge in [0.05, 0.1) is 30.7 Å². The molecule has 0 saturated heterocycles. The van der Waals surface area contributed by atoms with E-state index >= 15 is 0 Å². The van der Waals surface area contributed by atoms with E-state index < -0.39 is 11.9 Å². The molecule has 0 saturated carbocycles. The average molecular weight is 250 g/mol. The first kappa shape index (κ1) is 11.9. The van der Waals surface area contributed by atoms with Crippen molar-refractivity contribution in [1.82, 2.24) is 10.2 Å². The lowest BCUT2D eigenvalue weighted by atomic mass is 10.1. The summed E-state index contributed by atoms with van der Waals surface area (Å²) in [7, 11) is 2.64. The van der Waals surface area contributed by atoms with Gasteiger partial charge in [-0.05, 0) is 12.1 Å². The summed E-state index contributed by atoms with van der Waals surface area (Å²) in [4.78, 5) is 22.4. The number of aromatic nitrogens is 2. The van der Waals surface area contributed by atoms with Crippen LogP contribution in [-0.4, -0.2) is 41.5 Å². The Hall–Kier alpha value is -2.57. The summed E-state index contributed by atoms with van der Waals surface area (Å²) in [5.74, 6) is -1.47. The Morgan fingerprint density at radius 1 is 1.33 bits per heavy atom. The Bertz CT molecular complexity index is 632. The van der Waals surface area contributed by atoms with Crippen LogP contribution in [0.5, 0.6) is 5.75 Å². The molecule has 1 heterocycles. The molecule has 2 N–H and O–H groups in total. The number of carboxylic acid groups (broad SMARTS) is 1. The number of nitrogens with one attached hydrogen (secondary N) is 1. The monoisotopic (exact) mass is 250 g/mol. The van der Waals surface area contributed by atoms with Gasteiger partial charge in [-0.2, -0.15) is 5.10 Å². The number of aromatic amines is 1.